The van der Waals surface area contributed by atoms with E-state index in [0.717, 1.165) is 6.42 Å². The fourth-order valence-corrected chi connectivity index (χ4v) is 0.950. The lowest BCUT2D eigenvalue weighted by atomic mass is 9.97. The minimum Gasteiger partial charge on any atom is -0.295 e. The lowest BCUT2D eigenvalue weighted by Gasteiger charge is -2.06. The molecule has 0 radical (unpaired) electrons. The van der Waals surface area contributed by atoms with Gasteiger partial charge in [0.05, 0.1) is 0 Å². The van der Waals surface area contributed by atoms with E-state index in [9.17, 15) is 9.59 Å². The number of carbonyl (C=O) groups excluding carboxylic acids is 2. The molecular weight excluding hydrogens is 152 g/mol. The zero-order chi connectivity index (χ0) is 9.72. The largest absolute Gasteiger partial charge is 0.295 e. The van der Waals surface area contributed by atoms with Crippen LogP contribution >= 0.6 is 0 Å². The second kappa shape index (κ2) is 4.86. The van der Waals surface area contributed by atoms with E-state index < -0.39 is 0 Å². The first-order chi connectivity index (χ1) is 5.49. The molecule has 68 valence electrons. The third kappa shape index (κ3) is 3.46. The zero-order valence-corrected chi connectivity index (χ0v) is 8.18. The van der Waals surface area contributed by atoms with Crippen molar-refractivity contribution in [1.82, 2.24) is 0 Å². The van der Waals surface area contributed by atoms with Gasteiger partial charge in [-0.1, -0.05) is 13.8 Å². The quantitative estimate of drug-likeness (QED) is 0.603. The number of Topliss-reactive ketones (excluding diaryl/α,β-unsaturated/α-hetero) is 1. The van der Waals surface area contributed by atoms with Crippen LogP contribution in [0.5, 0.6) is 0 Å². The topological polar surface area (TPSA) is 34.1 Å². The fraction of sp³-hybridized carbons (Fsp3) is 0.600. The molecular formula is C10H16O2. The Labute approximate surface area is 73.7 Å². The summed E-state index contributed by atoms with van der Waals surface area (Å²) < 4.78 is 0. The van der Waals surface area contributed by atoms with Crippen LogP contribution in [0.2, 0.25) is 0 Å². The molecule has 0 N–H and O–H groups in total. The van der Waals surface area contributed by atoms with E-state index in [1.807, 2.05) is 13.8 Å². The minimum atomic E-state index is -0.0656. The van der Waals surface area contributed by atoms with Crippen LogP contribution in [0.1, 0.15) is 34.1 Å². The van der Waals surface area contributed by atoms with Gasteiger partial charge in [-0.15, -0.1) is 0 Å². The van der Waals surface area contributed by atoms with Gasteiger partial charge in [-0.3, -0.25) is 9.59 Å². The van der Waals surface area contributed by atoms with Crippen molar-refractivity contribution in [3.8, 4) is 0 Å². The summed E-state index contributed by atoms with van der Waals surface area (Å²) in [5.41, 5.74) is 0.567. The smallest absolute Gasteiger partial charge is 0.161 e. The van der Waals surface area contributed by atoms with Crippen molar-refractivity contribution in [2.24, 2.45) is 5.92 Å². The molecule has 1 unspecified atom stereocenters. The predicted octanol–water partition coefficient (Wildman–Crippen LogP) is 2.14. The van der Waals surface area contributed by atoms with Crippen LogP contribution in [0, 0.1) is 5.92 Å². The van der Waals surface area contributed by atoms with Crippen molar-refractivity contribution >= 4 is 11.6 Å². The fourth-order valence-electron chi connectivity index (χ4n) is 0.950. The summed E-state index contributed by atoms with van der Waals surface area (Å²) in [6.45, 7) is 6.98. The Morgan fingerprint density at radius 2 is 1.83 bits per heavy atom. The highest BCUT2D eigenvalue weighted by molar-refractivity contribution is 6.02. The molecule has 0 rings (SSSR count). The van der Waals surface area contributed by atoms with Crippen molar-refractivity contribution in [3.05, 3.63) is 11.6 Å². The van der Waals surface area contributed by atoms with E-state index in [1.54, 1.807) is 6.92 Å². The Balaban J connectivity index is 4.39. The maximum Gasteiger partial charge on any atom is 0.161 e. The van der Waals surface area contributed by atoms with Crippen LogP contribution in [0.15, 0.2) is 11.6 Å². The van der Waals surface area contributed by atoms with Crippen molar-refractivity contribution in [3.63, 3.8) is 0 Å². The number of rotatable bonds is 4. The molecule has 0 aromatic rings. The number of ketones is 2. The lowest BCUT2D eigenvalue weighted by molar-refractivity contribution is -0.119. The van der Waals surface area contributed by atoms with Gasteiger partial charge in [-0.2, -0.15) is 0 Å². The Kier molecular flexibility index (Phi) is 4.49. The van der Waals surface area contributed by atoms with Gasteiger partial charge in [0.2, 0.25) is 0 Å². The molecule has 0 aromatic heterocycles. The van der Waals surface area contributed by atoms with Crippen LogP contribution in [0.4, 0.5) is 0 Å². The third-order valence-corrected chi connectivity index (χ3v) is 1.87. The number of hydrogen-bond donors (Lipinski definition) is 0. The van der Waals surface area contributed by atoms with E-state index in [2.05, 4.69) is 0 Å². The molecule has 0 aliphatic carbocycles. The minimum absolute atomic E-state index is 0.0283. The second-order valence-electron chi connectivity index (χ2n) is 3.11. The average molecular weight is 168 g/mol. The number of hydrogen-bond acceptors (Lipinski definition) is 2. The average Bonchev–Trinajstić information content (AvgIpc) is 2.00. The van der Waals surface area contributed by atoms with Gasteiger partial charge < -0.3 is 0 Å². The Morgan fingerprint density at radius 3 is 2.17 bits per heavy atom. The third-order valence-electron chi connectivity index (χ3n) is 1.87. The molecule has 0 aliphatic heterocycles. The SMILES string of the molecule is CCC(C)C(=O)/C(C)=C\C(C)=O. The van der Waals surface area contributed by atoms with Crippen molar-refractivity contribution in [2.45, 2.75) is 34.1 Å². The molecule has 2 heteroatoms. The van der Waals surface area contributed by atoms with E-state index >= 15 is 0 Å². The highest BCUT2D eigenvalue weighted by Crippen LogP contribution is 2.09. The van der Waals surface area contributed by atoms with E-state index in [1.165, 1.54) is 13.0 Å². The van der Waals surface area contributed by atoms with Crippen LogP contribution in [-0.4, -0.2) is 11.6 Å². The Bertz CT molecular complexity index is 214. The van der Waals surface area contributed by atoms with Crippen molar-refractivity contribution in [1.29, 1.82) is 0 Å². The highest BCUT2D eigenvalue weighted by Gasteiger charge is 2.12. The molecule has 0 saturated carbocycles. The van der Waals surface area contributed by atoms with Gasteiger partial charge in [0.25, 0.3) is 0 Å². The van der Waals surface area contributed by atoms with Crippen molar-refractivity contribution < 1.29 is 9.59 Å². The first kappa shape index (κ1) is 11.1. The summed E-state index contributed by atoms with van der Waals surface area (Å²) in [6.07, 6.45) is 2.22. The summed E-state index contributed by atoms with van der Waals surface area (Å²) in [7, 11) is 0. The van der Waals surface area contributed by atoms with Gasteiger partial charge in [-0.05, 0) is 31.9 Å². The summed E-state index contributed by atoms with van der Waals surface area (Å²) in [5, 5.41) is 0. The molecule has 0 aromatic carbocycles. The first-order valence-corrected chi connectivity index (χ1v) is 4.22. The van der Waals surface area contributed by atoms with E-state index in [-0.39, 0.29) is 17.5 Å². The zero-order valence-electron chi connectivity index (χ0n) is 8.18. The van der Waals surface area contributed by atoms with Crippen LogP contribution in [-0.2, 0) is 9.59 Å². The molecule has 0 fully saturated rings. The number of carbonyl (C=O) groups is 2. The standard InChI is InChI=1S/C10H16O2/c1-5-7(2)10(12)8(3)6-9(4)11/h6-7H,5H2,1-4H3/b8-6-. The number of allylic oxidation sites excluding steroid dienone is 2. The van der Waals surface area contributed by atoms with Gasteiger partial charge in [0.1, 0.15) is 0 Å². The molecule has 0 spiro atoms. The maximum absolute atomic E-state index is 11.4. The van der Waals surface area contributed by atoms with Gasteiger partial charge in [0, 0.05) is 5.92 Å². The van der Waals surface area contributed by atoms with Crippen LogP contribution in [0.25, 0.3) is 0 Å². The maximum atomic E-state index is 11.4. The lowest BCUT2D eigenvalue weighted by Crippen LogP contribution is -2.11. The second-order valence-corrected chi connectivity index (χ2v) is 3.11. The predicted molar refractivity (Wildman–Crippen MR) is 48.9 cm³/mol. The normalized spacial score (nSPS) is 14.2. The molecule has 2 nitrogen and oxygen atoms in total. The monoisotopic (exact) mass is 168 g/mol. The van der Waals surface area contributed by atoms with Gasteiger partial charge >= 0.3 is 0 Å². The molecule has 0 heterocycles. The van der Waals surface area contributed by atoms with Crippen molar-refractivity contribution in [2.75, 3.05) is 0 Å². The summed E-state index contributed by atoms with van der Waals surface area (Å²) in [6, 6.07) is 0. The molecule has 0 amide bonds. The van der Waals surface area contributed by atoms with Gasteiger partial charge in [-0.25, -0.2) is 0 Å². The molecule has 12 heavy (non-hydrogen) atoms. The summed E-state index contributed by atoms with van der Waals surface area (Å²) in [5.74, 6) is 0.0393. The first-order valence-electron chi connectivity index (χ1n) is 4.22. The Hall–Kier alpha value is -0.920. The van der Waals surface area contributed by atoms with Gasteiger partial charge in [0.15, 0.2) is 11.6 Å². The van der Waals surface area contributed by atoms with Crippen LogP contribution < -0.4 is 0 Å². The highest BCUT2D eigenvalue weighted by atomic mass is 16.1. The summed E-state index contributed by atoms with van der Waals surface area (Å²) in [4.78, 5) is 22.0. The molecule has 0 bridgehead atoms. The summed E-state index contributed by atoms with van der Waals surface area (Å²) >= 11 is 0. The molecule has 0 aliphatic rings. The molecule has 0 saturated heterocycles. The Morgan fingerprint density at radius 1 is 1.33 bits per heavy atom. The van der Waals surface area contributed by atoms with E-state index in [4.69, 9.17) is 0 Å². The van der Waals surface area contributed by atoms with E-state index in [0.29, 0.717) is 5.57 Å². The molecule has 1 atom stereocenters. The van der Waals surface area contributed by atoms with Crippen LogP contribution in [0.3, 0.4) is 0 Å².